The zero-order valence-corrected chi connectivity index (χ0v) is 11.2. The predicted octanol–water partition coefficient (Wildman–Crippen LogP) is 1.53. The molecule has 1 N–H and O–H groups in total. The van der Waals surface area contributed by atoms with Crippen LogP contribution in [0.2, 0.25) is 0 Å². The second-order valence-electron chi connectivity index (χ2n) is 5.60. The normalized spacial score (nSPS) is 24.7. The summed E-state index contributed by atoms with van der Waals surface area (Å²) in [6.45, 7) is 8.34. The Morgan fingerprint density at radius 2 is 2.00 bits per heavy atom. The van der Waals surface area contributed by atoms with Crippen LogP contribution in [0, 0.1) is 11.3 Å². The van der Waals surface area contributed by atoms with Crippen molar-refractivity contribution in [1.29, 1.82) is 0 Å². The fraction of sp³-hybridized carbons (Fsp3) is 0.846. The number of carbonyl (C=O) groups excluding carboxylic acids is 2. The van der Waals surface area contributed by atoms with Crippen molar-refractivity contribution in [3.63, 3.8) is 0 Å². The molecule has 98 valence electrons. The van der Waals surface area contributed by atoms with E-state index in [1.165, 1.54) is 0 Å². The molecule has 1 saturated heterocycles. The molecule has 0 saturated carbocycles. The number of rotatable bonds is 4. The molecular weight excluding hydrogens is 218 g/mol. The molecule has 4 nitrogen and oxygen atoms in total. The van der Waals surface area contributed by atoms with E-state index < -0.39 is 5.41 Å². The van der Waals surface area contributed by atoms with E-state index in [4.69, 9.17) is 4.74 Å². The highest BCUT2D eigenvalue weighted by molar-refractivity contribution is 5.90. The molecule has 0 aromatic rings. The van der Waals surface area contributed by atoms with E-state index in [0.717, 1.165) is 12.8 Å². The fourth-order valence-electron chi connectivity index (χ4n) is 1.91. The third kappa shape index (κ3) is 3.80. The maximum absolute atomic E-state index is 11.9. The Morgan fingerprint density at radius 3 is 2.53 bits per heavy atom. The van der Waals surface area contributed by atoms with E-state index in [1.807, 2.05) is 27.7 Å². The van der Waals surface area contributed by atoms with Gasteiger partial charge in [0.15, 0.2) is 5.78 Å². The van der Waals surface area contributed by atoms with Gasteiger partial charge in [0.25, 0.3) is 0 Å². The summed E-state index contributed by atoms with van der Waals surface area (Å²) in [4.78, 5) is 23.6. The molecule has 2 unspecified atom stereocenters. The first-order valence-corrected chi connectivity index (χ1v) is 6.29. The van der Waals surface area contributed by atoms with Crippen LogP contribution in [0.1, 0.15) is 40.5 Å². The summed E-state index contributed by atoms with van der Waals surface area (Å²) in [5.74, 6) is -0.0856. The zero-order valence-electron chi connectivity index (χ0n) is 11.2. The smallest absolute Gasteiger partial charge is 0.226 e. The van der Waals surface area contributed by atoms with Crippen molar-refractivity contribution >= 4 is 11.7 Å². The summed E-state index contributed by atoms with van der Waals surface area (Å²) in [5.41, 5.74) is -0.399. The lowest BCUT2D eigenvalue weighted by atomic mass is 9.90. The Bertz CT molecular complexity index is 294. The van der Waals surface area contributed by atoms with Gasteiger partial charge in [-0.15, -0.1) is 0 Å². The van der Waals surface area contributed by atoms with E-state index in [0.29, 0.717) is 6.61 Å². The molecule has 0 aliphatic carbocycles. The quantitative estimate of drug-likeness (QED) is 0.812. The maximum atomic E-state index is 11.9. The number of Topliss-reactive ketones (excluding diaryl/α,β-unsaturated/α-hetero) is 1. The second kappa shape index (κ2) is 5.63. The number of carbonyl (C=O) groups is 2. The van der Waals surface area contributed by atoms with Crippen molar-refractivity contribution in [1.82, 2.24) is 5.32 Å². The van der Waals surface area contributed by atoms with Crippen LogP contribution in [0.25, 0.3) is 0 Å². The van der Waals surface area contributed by atoms with Gasteiger partial charge in [-0.2, -0.15) is 0 Å². The van der Waals surface area contributed by atoms with E-state index >= 15 is 0 Å². The third-order valence-corrected chi connectivity index (χ3v) is 3.21. The van der Waals surface area contributed by atoms with Gasteiger partial charge in [-0.1, -0.05) is 27.7 Å². The van der Waals surface area contributed by atoms with Gasteiger partial charge >= 0.3 is 0 Å². The van der Waals surface area contributed by atoms with Gasteiger partial charge in [0.1, 0.15) is 0 Å². The van der Waals surface area contributed by atoms with Gasteiger partial charge in [-0.3, -0.25) is 9.59 Å². The lowest BCUT2D eigenvalue weighted by Gasteiger charge is -2.19. The largest absolute Gasteiger partial charge is 0.377 e. The predicted molar refractivity (Wildman–Crippen MR) is 65.6 cm³/mol. The molecule has 0 aromatic carbocycles. The average Bonchev–Trinajstić information content (AvgIpc) is 2.71. The molecule has 0 bridgehead atoms. The molecule has 2 atom stereocenters. The third-order valence-electron chi connectivity index (χ3n) is 3.21. The van der Waals surface area contributed by atoms with Crippen LogP contribution in [-0.2, 0) is 14.3 Å². The lowest BCUT2D eigenvalue weighted by molar-refractivity contribution is -0.131. The molecular formula is C13H23NO3. The highest BCUT2D eigenvalue weighted by Gasteiger charge is 2.33. The fourth-order valence-corrected chi connectivity index (χ4v) is 1.91. The minimum absolute atomic E-state index is 0.0136. The van der Waals surface area contributed by atoms with Crippen LogP contribution in [0.4, 0.5) is 0 Å². The summed E-state index contributed by atoms with van der Waals surface area (Å²) in [7, 11) is 0. The van der Waals surface area contributed by atoms with Crippen LogP contribution in [-0.4, -0.2) is 30.9 Å². The van der Waals surface area contributed by atoms with Gasteiger partial charge in [-0.05, 0) is 12.8 Å². The Kier molecular flexibility index (Phi) is 4.69. The molecule has 17 heavy (non-hydrogen) atoms. The topological polar surface area (TPSA) is 55.4 Å². The van der Waals surface area contributed by atoms with Gasteiger partial charge in [-0.25, -0.2) is 0 Å². The molecule has 0 spiro atoms. The van der Waals surface area contributed by atoms with E-state index in [1.54, 1.807) is 0 Å². The number of hydrogen-bond acceptors (Lipinski definition) is 3. The van der Waals surface area contributed by atoms with Gasteiger partial charge in [0.05, 0.1) is 18.6 Å². The maximum Gasteiger partial charge on any atom is 0.226 e. The van der Waals surface area contributed by atoms with Crippen LogP contribution in [0.15, 0.2) is 0 Å². The monoisotopic (exact) mass is 241 g/mol. The molecule has 1 fully saturated rings. The molecule has 1 amide bonds. The summed E-state index contributed by atoms with van der Waals surface area (Å²) in [6, 6.07) is 0. The summed E-state index contributed by atoms with van der Waals surface area (Å²) in [5, 5.41) is 2.73. The molecule has 0 radical (unpaired) electrons. The summed E-state index contributed by atoms with van der Waals surface area (Å²) in [6.07, 6.45) is 1.61. The van der Waals surface area contributed by atoms with Crippen molar-refractivity contribution in [2.75, 3.05) is 13.2 Å². The van der Waals surface area contributed by atoms with Crippen molar-refractivity contribution in [3.8, 4) is 0 Å². The Morgan fingerprint density at radius 1 is 1.35 bits per heavy atom. The number of nitrogens with one attached hydrogen (secondary N) is 1. The van der Waals surface area contributed by atoms with Gasteiger partial charge in [0.2, 0.25) is 5.91 Å². The van der Waals surface area contributed by atoms with Crippen molar-refractivity contribution in [2.45, 2.75) is 46.6 Å². The number of ether oxygens (including phenoxy) is 1. The zero-order chi connectivity index (χ0) is 13.1. The van der Waals surface area contributed by atoms with Crippen molar-refractivity contribution in [3.05, 3.63) is 0 Å². The Balaban J connectivity index is 2.42. The van der Waals surface area contributed by atoms with Gasteiger partial charge < -0.3 is 10.1 Å². The number of hydrogen-bond donors (Lipinski definition) is 1. The van der Waals surface area contributed by atoms with Crippen LogP contribution < -0.4 is 5.32 Å². The molecule has 1 heterocycles. The second-order valence-corrected chi connectivity index (χ2v) is 5.60. The highest BCUT2D eigenvalue weighted by atomic mass is 16.5. The molecule has 1 aliphatic rings. The standard InChI is InChI=1S/C13H23NO3/c1-5-10-9(6-7-17-10)12(16)14-8-11(15)13(2,3)4/h9-10H,5-8H2,1-4H3,(H,14,16). The average molecular weight is 241 g/mol. The number of amides is 1. The SMILES string of the molecule is CCC1OCCC1C(=O)NCC(=O)C(C)(C)C. The molecule has 0 aromatic heterocycles. The summed E-state index contributed by atoms with van der Waals surface area (Å²) < 4.78 is 5.46. The van der Waals surface area contributed by atoms with Crippen molar-refractivity contribution in [2.24, 2.45) is 11.3 Å². The van der Waals surface area contributed by atoms with Gasteiger partial charge in [0, 0.05) is 12.0 Å². The van der Waals surface area contributed by atoms with E-state index in [-0.39, 0.29) is 30.3 Å². The minimum Gasteiger partial charge on any atom is -0.377 e. The Hall–Kier alpha value is -0.900. The van der Waals surface area contributed by atoms with E-state index in [2.05, 4.69) is 5.32 Å². The first kappa shape index (κ1) is 14.2. The van der Waals surface area contributed by atoms with Crippen LogP contribution >= 0.6 is 0 Å². The van der Waals surface area contributed by atoms with E-state index in [9.17, 15) is 9.59 Å². The lowest BCUT2D eigenvalue weighted by Crippen LogP contribution is -2.40. The first-order valence-electron chi connectivity index (χ1n) is 6.29. The van der Waals surface area contributed by atoms with Crippen molar-refractivity contribution < 1.29 is 14.3 Å². The number of ketones is 1. The summed E-state index contributed by atoms with van der Waals surface area (Å²) >= 11 is 0. The van der Waals surface area contributed by atoms with Crippen LogP contribution in [0.3, 0.4) is 0 Å². The molecule has 1 aliphatic heterocycles. The molecule has 4 heteroatoms. The minimum atomic E-state index is -0.399. The van der Waals surface area contributed by atoms with Crippen LogP contribution in [0.5, 0.6) is 0 Å². The highest BCUT2D eigenvalue weighted by Crippen LogP contribution is 2.23. The molecule has 1 rings (SSSR count). The Labute approximate surface area is 103 Å². The first-order chi connectivity index (χ1) is 7.86.